The van der Waals surface area contributed by atoms with Crippen LogP contribution in [0.15, 0.2) is 39.8 Å². The van der Waals surface area contributed by atoms with E-state index in [1.54, 1.807) is 13.8 Å². The Labute approximate surface area is 184 Å². The molecule has 0 spiro atoms. The molecule has 1 aliphatic rings. The highest BCUT2D eigenvalue weighted by Gasteiger charge is 2.36. The summed E-state index contributed by atoms with van der Waals surface area (Å²) in [6, 6.07) is 9.95. The van der Waals surface area contributed by atoms with Gasteiger partial charge in [0.05, 0.1) is 5.92 Å². The number of carbonyl (C=O) groups excluding carboxylic acids is 1. The summed E-state index contributed by atoms with van der Waals surface area (Å²) in [5, 5.41) is 10.3. The molecule has 2 atom stereocenters. The SMILES string of the molecule is Cc1noc(C)c1S(=O)(=O)N1CCCC(C(=O)NCC(Nc2ccccc2)C(C)C)C1. The van der Waals surface area contributed by atoms with Gasteiger partial charge in [-0.1, -0.05) is 37.2 Å². The number of piperidine rings is 1. The third-order valence-corrected chi connectivity index (χ3v) is 7.86. The van der Waals surface area contributed by atoms with E-state index in [9.17, 15) is 13.2 Å². The van der Waals surface area contributed by atoms with Crippen molar-refractivity contribution in [1.29, 1.82) is 0 Å². The van der Waals surface area contributed by atoms with Gasteiger partial charge < -0.3 is 15.2 Å². The maximum Gasteiger partial charge on any atom is 0.248 e. The minimum atomic E-state index is -3.75. The highest BCUT2D eigenvalue weighted by molar-refractivity contribution is 7.89. The number of sulfonamides is 1. The van der Waals surface area contributed by atoms with Crippen LogP contribution in [0, 0.1) is 25.7 Å². The first-order chi connectivity index (χ1) is 14.7. The van der Waals surface area contributed by atoms with Crippen LogP contribution in [-0.4, -0.2) is 49.5 Å². The first-order valence-electron chi connectivity index (χ1n) is 10.7. The second kappa shape index (κ2) is 9.82. The van der Waals surface area contributed by atoms with Gasteiger partial charge in [0.25, 0.3) is 0 Å². The number of hydrogen-bond acceptors (Lipinski definition) is 6. The second-order valence-corrected chi connectivity index (χ2v) is 10.3. The Balaban J connectivity index is 1.62. The number of hydrogen-bond donors (Lipinski definition) is 2. The van der Waals surface area contributed by atoms with Crippen molar-refractivity contribution in [1.82, 2.24) is 14.8 Å². The molecule has 0 radical (unpaired) electrons. The van der Waals surface area contributed by atoms with Crippen molar-refractivity contribution in [3.63, 3.8) is 0 Å². The second-order valence-electron chi connectivity index (χ2n) is 8.46. The predicted molar refractivity (Wildman–Crippen MR) is 119 cm³/mol. The summed E-state index contributed by atoms with van der Waals surface area (Å²) in [6.45, 7) is 8.43. The van der Waals surface area contributed by atoms with Crippen molar-refractivity contribution in [2.45, 2.75) is 51.5 Å². The van der Waals surface area contributed by atoms with Crippen LogP contribution in [0.4, 0.5) is 5.69 Å². The van der Waals surface area contributed by atoms with Crippen molar-refractivity contribution < 1.29 is 17.7 Å². The molecule has 1 aliphatic heterocycles. The predicted octanol–water partition coefficient (Wildman–Crippen LogP) is 2.95. The Morgan fingerprint density at radius 3 is 2.58 bits per heavy atom. The third kappa shape index (κ3) is 5.46. The zero-order valence-electron chi connectivity index (χ0n) is 18.6. The van der Waals surface area contributed by atoms with Crippen molar-refractivity contribution in [3.8, 4) is 0 Å². The molecule has 1 aromatic heterocycles. The molecule has 1 amide bonds. The summed E-state index contributed by atoms with van der Waals surface area (Å²) in [4.78, 5) is 13.0. The Bertz CT molecular complexity index is 969. The summed E-state index contributed by atoms with van der Waals surface area (Å²) in [6.07, 6.45) is 1.30. The molecule has 0 aliphatic carbocycles. The molecular weight excluding hydrogens is 416 g/mol. The van der Waals surface area contributed by atoms with Gasteiger partial charge in [0.15, 0.2) is 5.76 Å². The van der Waals surface area contributed by atoms with E-state index >= 15 is 0 Å². The van der Waals surface area contributed by atoms with Gasteiger partial charge in [-0.05, 0) is 44.7 Å². The van der Waals surface area contributed by atoms with Gasteiger partial charge in [-0.2, -0.15) is 4.31 Å². The summed E-state index contributed by atoms with van der Waals surface area (Å²) in [5.41, 5.74) is 1.35. The molecule has 0 bridgehead atoms. The molecule has 31 heavy (non-hydrogen) atoms. The van der Waals surface area contributed by atoms with E-state index in [4.69, 9.17) is 4.52 Å². The lowest BCUT2D eigenvalue weighted by atomic mass is 9.98. The van der Waals surface area contributed by atoms with E-state index in [-0.39, 0.29) is 35.1 Å². The number of para-hydroxylation sites is 1. The largest absolute Gasteiger partial charge is 0.380 e. The van der Waals surface area contributed by atoms with Crippen LogP contribution in [0.5, 0.6) is 0 Å². The fraction of sp³-hybridized carbons (Fsp3) is 0.545. The van der Waals surface area contributed by atoms with Crippen LogP contribution in [0.2, 0.25) is 0 Å². The fourth-order valence-electron chi connectivity index (χ4n) is 3.90. The average molecular weight is 449 g/mol. The van der Waals surface area contributed by atoms with Crippen molar-refractivity contribution in [3.05, 3.63) is 41.8 Å². The maximum atomic E-state index is 13.1. The molecule has 1 aromatic carbocycles. The third-order valence-electron chi connectivity index (χ3n) is 5.75. The lowest BCUT2D eigenvalue weighted by Gasteiger charge is -2.32. The number of benzene rings is 1. The lowest BCUT2D eigenvalue weighted by molar-refractivity contribution is -0.126. The Kier molecular flexibility index (Phi) is 7.38. The van der Waals surface area contributed by atoms with Gasteiger partial charge in [0.1, 0.15) is 10.6 Å². The molecule has 1 fully saturated rings. The van der Waals surface area contributed by atoms with Gasteiger partial charge in [-0.3, -0.25) is 4.79 Å². The molecule has 3 rings (SSSR count). The van der Waals surface area contributed by atoms with E-state index < -0.39 is 10.0 Å². The van der Waals surface area contributed by atoms with Gasteiger partial charge in [-0.15, -0.1) is 0 Å². The molecule has 2 heterocycles. The number of amides is 1. The standard InChI is InChI=1S/C22H32N4O4S/c1-15(2)20(24-19-10-6-5-7-11-19)13-23-22(27)18-9-8-12-26(14-18)31(28,29)21-16(3)25-30-17(21)4/h5-7,10-11,15,18,20,24H,8-9,12-14H2,1-4H3,(H,23,27). The first kappa shape index (κ1) is 23.3. The minimum absolute atomic E-state index is 0.0667. The Hall–Kier alpha value is -2.39. The van der Waals surface area contributed by atoms with Gasteiger partial charge in [0, 0.05) is 31.4 Å². The molecule has 0 saturated carbocycles. The van der Waals surface area contributed by atoms with Crippen LogP contribution in [0.1, 0.15) is 38.1 Å². The number of rotatable bonds is 8. The normalized spacial score (nSPS) is 18.7. The minimum Gasteiger partial charge on any atom is -0.380 e. The molecule has 1 saturated heterocycles. The van der Waals surface area contributed by atoms with Gasteiger partial charge >= 0.3 is 0 Å². The summed E-state index contributed by atoms with van der Waals surface area (Å²) in [7, 11) is -3.75. The van der Waals surface area contributed by atoms with E-state index in [1.165, 1.54) is 4.31 Å². The number of carbonyl (C=O) groups is 1. The molecule has 2 N–H and O–H groups in total. The number of anilines is 1. The monoisotopic (exact) mass is 448 g/mol. The van der Waals surface area contributed by atoms with Crippen LogP contribution >= 0.6 is 0 Å². The summed E-state index contributed by atoms with van der Waals surface area (Å²) in [5.74, 6) is 0.0897. The highest BCUT2D eigenvalue weighted by Crippen LogP contribution is 2.27. The zero-order chi connectivity index (χ0) is 22.6. The molecular formula is C22H32N4O4S. The van der Waals surface area contributed by atoms with Crippen molar-refractivity contribution in [2.75, 3.05) is 25.0 Å². The first-order valence-corrected chi connectivity index (χ1v) is 12.2. The number of nitrogens with one attached hydrogen (secondary N) is 2. The Morgan fingerprint density at radius 2 is 1.97 bits per heavy atom. The van der Waals surface area contributed by atoms with Crippen LogP contribution < -0.4 is 10.6 Å². The topological polar surface area (TPSA) is 105 Å². The number of aromatic nitrogens is 1. The fourth-order valence-corrected chi connectivity index (χ4v) is 5.72. The zero-order valence-corrected chi connectivity index (χ0v) is 19.4. The van der Waals surface area contributed by atoms with Crippen LogP contribution in [-0.2, 0) is 14.8 Å². The molecule has 9 heteroatoms. The molecule has 2 aromatic rings. The maximum absolute atomic E-state index is 13.1. The highest BCUT2D eigenvalue weighted by atomic mass is 32.2. The smallest absolute Gasteiger partial charge is 0.248 e. The quantitative estimate of drug-likeness (QED) is 0.643. The van der Waals surface area contributed by atoms with Crippen molar-refractivity contribution in [2.24, 2.45) is 11.8 Å². The summed E-state index contributed by atoms with van der Waals surface area (Å²) >= 11 is 0. The molecule has 170 valence electrons. The molecule has 8 nitrogen and oxygen atoms in total. The van der Waals surface area contributed by atoms with E-state index in [0.717, 1.165) is 5.69 Å². The van der Waals surface area contributed by atoms with Crippen LogP contribution in [0.25, 0.3) is 0 Å². The summed E-state index contributed by atoms with van der Waals surface area (Å²) < 4.78 is 32.6. The van der Waals surface area contributed by atoms with E-state index in [0.29, 0.717) is 37.5 Å². The average Bonchev–Trinajstić information content (AvgIpc) is 3.10. The number of nitrogens with zero attached hydrogens (tertiary/aromatic N) is 2. The van der Waals surface area contributed by atoms with Crippen LogP contribution in [0.3, 0.4) is 0 Å². The van der Waals surface area contributed by atoms with Gasteiger partial charge in [0.2, 0.25) is 15.9 Å². The lowest BCUT2D eigenvalue weighted by Crippen LogP contribution is -2.48. The van der Waals surface area contributed by atoms with Gasteiger partial charge in [-0.25, -0.2) is 8.42 Å². The van der Waals surface area contributed by atoms with E-state index in [2.05, 4.69) is 29.6 Å². The van der Waals surface area contributed by atoms with Crippen molar-refractivity contribution >= 4 is 21.6 Å². The Morgan fingerprint density at radius 1 is 1.26 bits per heavy atom. The molecule has 2 unspecified atom stereocenters. The van der Waals surface area contributed by atoms with E-state index in [1.807, 2.05) is 30.3 Å². The number of aryl methyl sites for hydroxylation is 2.